The number of amides is 1. The molecule has 168 valence electrons. The molecular formula is C27H26FN3O2. The second-order valence-corrected chi connectivity index (χ2v) is 8.83. The molecule has 0 radical (unpaired) electrons. The standard InChI is InChI=1S/C27H26FN3O2/c1-31(13-5-8-20-16-25(30-29-20)17-6-4-7-19(28)14-17)27(33)18-11-12-22-21-9-2-3-10-23(21)26(32)24(22)15-18/h2-4,6-7,9-12,14-15,20,25,29-30H,5,8,13,16H2,1H3. The SMILES string of the molecule is CN(CCCC1CC(c2cccc(F)c2)NN1)C(=O)c1ccc2c(c1)C(=O)c1ccccc1-2. The van der Waals surface area contributed by atoms with Gasteiger partial charge in [0, 0.05) is 42.4 Å². The van der Waals surface area contributed by atoms with Crippen LogP contribution >= 0.6 is 0 Å². The third-order valence-electron chi connectivity index (χ3n) is 6.60. The molecule has 0 aromatic heterocycles. The van der Waals surface area contributed by atoms with Gasteiger partial charge in [-0.15, -0.1) is 0 Å². The molecule has 1 saturated heterocycles. The lowest BCUT2D eigenvalue weighted by Crippen LogP contribution is -2.32. The fourth-order valence-electron chi connectivity index (χ4n) is 4.81. The summed E-state index contributed by atoms with van der Waals surface area (Å²) in [7, 11) is 1.79. The van der Waals surface area contributed by atoms with Crippen LogP contribution in [0.2, 0.25) is 0 Å². The molecule has 1 fully saturated rings. The summed E-state index contributed by atoms with van der Waals surface area (Å²) in [6.45, 7) is 0.618. The summed E-state index contributed by atoms with van der Waals surface area (Å²) in [5.41, 5.74) is 11.1. The van der Waals surface area contributed by atoms with Gasteiger partial charge in [0.05, 0.1) is 0 Å². The van der Waals surface area contributed by atoms with Gasteiger partial charge in [-0.3, -0.25) is 20.4 Å². The predicted molar refractivity (Wildman–Crippen MR) is 125 cm³/mol. The van der Waals surface area contributed by atoms with Gasteiger partial charge >= 0.3 is 0 Å². The van der Waals surface area contributed by atoms with Crippen molar-refractivity contribution in [2.24, 2.45) is 0 Å². The van der Waals surface area contributed by atoms with Crippen LogP contribution in [0, 0.1) is 5.82 Å². The molecule has 2 unspecified atom stereocenters. The highest BCUT2D eigenvalue weighted by atomic mass is 19.1. The van der Waals surface area contributed by atoms with E-state index in [1.807, 2.05) is 36.4 Å². The van der Waals surface area contributed by atoms with Crippen molar-refractivity contribution in [3.8, 4) is 11.1 Å². The molecule has 5 rings (SSSR count). The average Bonchev–Trinajstić information content (AvgIpc) is 3.42. The number of carbonyl (C=O) groups excluding carboxylic acids is 2. The Balaban J connectivity index is 1.16. The molecule has 5 nitrogen and oxygen atoms in total. The summed E-state index contributed by atoms with van der Waals surface area (Å²) >= 11 is 0. The van der Waals surface area contributed by atoms with Gasteiger partial charge in [-0.2, -0.15) is 0 Å². The van der Waals surface area contributed by atoms with Crippen molar-refractivity contribution in [3.63, 3.8) is 0 Å². The van der Waals surface area contributed by atoms with Gasteiger partial charge in [0.25, 0.3) is 5.91 Å². The van der Waals surface area contributed by atoms with Crippen LogP contribution in [0.3, 0.4) is 0 Å². The molecule has 0 spiro atoms. The fraction of sp³-hybridized carbons (Fsp3) is 0.259. The van der Waals surface area contributed by atoms with E-state index in [2.05, 4.69) is 10.9 Å². The summed E-state index contributed by atoms with van der Waals surface area (Å²) in [6, 6.07) is 20.0. The van der Waals surface area contributed by atoms with Crippen molar-refractivity contribution in [1.82, 2.24) is 15.8 Å². The highest BCUT2D eigenvalue weighted by Gasteiger charge is 2.28. The first-order chi connectivity index (χ1) is 16.0. The Kier molecular flexibility index (Phi) is 5.79. The molecule has 1 aliphatic heterocycles. The lowest BCUT2D eigenvalue weighted by atomic mass is 9.99. The van der Waals surface area contributed by atoms with Crippen LogP contribution in [0.25, 0.3) is 11.1 Å². The minimum Gasteiger partial charge on any atom is -0.342 e. The number of hydrogen-bond donors (Lipinski definition) is 2. The van der Waals surface area contributed by atoms with Crippen molar-refractivity contribution < 1.29 is 14.0 Å². The molecule has 3 aromatic rings. The maximum Gasteiger partial charge on any atom is 0.253 e. The smallest absolute Gasteiger partial charge is 0.253 e. The number of nitrogens with zero attached hydrogens (tertiary/aromatic N) is 1. The van der Waals surface area contributed by atoms with E-state index in [4.69, 9.17) is 0 Å². The fourth-order valence-corrected chi connectivity index (χ4v) is 4.81. The number of carbonyl (C=O) groups is 2. The summed E-state index contributed by atoms with van der Waals surface area (Å²) < 4.78 is 13.5. The Labute approximate surface area is 192 Å². The second-order valence-electron chi connectivity index (χ2n) is 8.83. The highest BCUT2D eigenvalue weighted by molar-refractivity contribution is 6.22. The molecule has 2 N–H and O–H groups in total. The highest BCUT2D eigenvalue weighted by Crippen LogP contribution is 2.36. The molecule has 2 aliphatic rings. The van der Waals surface area contributed by atoms with Gasteiger partial charge in [0.1, 0.15) is 5.82 Å². The van der Waals surface area contributed by atoms with Crippen LogP contribution in [-0.2, 0) is 0 Å². The van der Waals surface area contributed by atoms with E-state index < -0.39 is 0 Å². The quantitative estimate of drug-likeness (QED) is 0.461. The Bertz CT molecular complexity index is 1230. The molecule has 1 aliphatic carbocycles. The van der Waals surface area contributed by atoms with Crippen molar-refractivity contribution in [3.05, 3.63) is 94.8 Å². The first kappa shape index (κ1) is 21.5. The second kappa shape index (κ2) is 8.89. The van der Waals surface area contributed by atoms with E-state index in [-0.39, 0.29) is 29.6 Å². The summed E-state index contributed by atoms with van der Waals surface area (Å²) in [6.07, 6.45) is 2.61. The first-order valence-corrected chi connectivity index (χ1v) is 11.3. The molecular weight excluding hydrogens is 417 g/mol. The zero-order chi connectivity index (χ0) is 22.9. The monoisotopic (exact) mass is 443 g/mol. The van der Waals surface area contributed by atoms with E-state index in [1.54, 1.807) is 36.2 Å². The van der Waals surface area contributed by atoms with Crippen LogP contribution in [0.5, 0.6) is 0 Å². The molecule has 0 bridgehead atoms. The third kappa shape index (κ3) is 4.19. The number of nitrogens with one attached hydrogen (secondary N) is 2. The number of fused-ring (bicyclic) bond motifs is 3. The largest absolute Gasteiger partial charge is 0.342 e. The zero-order valence-corrected chi connectivity index (χ0v) is 18.5. The summed E-state index contributed by atoms with van der Waals surface area (Å²) in [5.74, 6) is -0.336. The minimum absolute atomic E-state index is 0.0226. The van der Waals surface area contributed by atoms with Gasteiger partial charge < -0.3 is 4.90 Å². The van der Waals surface area contributed by atoms with Crippen LogP contribution < -0.4 is 10.9 Å². The normalized spacial score (nSPS) is 18.8. The number of hydrogen-bond acceptors (Lipinski definition) is 4. The third-order valence-corrected chi connectivity index (χ3v) is 6.60. The van der Waals surface area contributed by atoms with Crippen molar-refractivity contribution >= 4 is 11.7 Å². The van der Waals surface area contributed by atoms with Gasteiger partial charge in [-0.25, -0.2) is 4.39 Å². The van der Waals surface area contributed by atoms with Crippen LogP contribution in [0.15, 0.2) is 66.7 Å². The summed E-state index contributed by atoms with van der Waals surface area (Å²) in [5, 5.41) is 0. The van der Waals surface area contributed by atoms with Crippen molar-refractivity contribution in [2.75, 3.05) is 13.6 Å². The van der Waals surface area contributed by atoms with E-state index >= 15 is 0 Å². The van der Waals surface area contributed by atoms with E-state index in [9.17, 15) is 14.0 Å². The Morgan fingerprint density at radius 3 is 2.58 bits per heavy atom. The van der Waals surface area contributed by atoms with Crippen LogP contribution in [-0.4, -0.2) is 36.2 Å². The van der Waals surface area contributed by atoms with Crippen LogP contribution in [0.1, 0.15) is 57.1 Å². The molecule has 0 saturated carbocycles. The molecule has 2 atom stereocenters. The Morgan fingerprint density at radius 1 is 0.970 bits per heavy atom. The van der Waals surface area contributed by atoms with Gasteiger partial charge in [0.15, 0.2) is 5.78 Å². The van der Waals surface area contributed by atoms with Gasteiger partial charge in [-0.1, -0.05) is 42.5 Å². The maximum atomic E-state index is 13.5. The van der Waals surface area contributed by atoms with Crippen molar-refractivity contribution in [1.29, 1.82) is 0 Å². The van der Waals surface area contributed by atoms with Gasteiger partial charge in [0.2, 0.25) is 0 Å². The van der Waals surface area contributed by atoms with E-state index in [0.29, 0.717) is 23.2 Å². The molecule has 33 heavy (non-hydrogen) atoms. The number of hydrazine groups is 1. The van der Waals surface area contributed by atoms with Crippen LogP contribution in [0.4, 0.5) is 4.39 Å². The van der Waals surface area contributed by atoms with Gasteiger partial charge in [-0.05, 0) is 60.2 Å². The molecule has 6 heteroatoms. The topological polar surface area (TPSA) is 61.4 Å². The molecule has 3 aromatic carbocycles. The Hall–Kier alpha value is -3.35. The summed E-state index contributed by atoms with van der Waals surface area (Å²) in [4.78, 5) is 27.4. The average molecular weight is 444 g/mol. The minimum atomic E-state index is -0.227. The van der Waals surface area contributed by atoms with Crippen molar-refractivity contribution in [2.45, 2.75) is 31.3 Å². The number of ketones is 1. The molecule has 1 heterocycles. The number of benzene rings is 3. The zero-order valence-electron chi connectivity index (χ0n) is 18.5. The van der Waals surface area contributed by atoms with E-state index in [1.165, 1.54) is 6.07 Å². The molecule has 1 amide bonds. The maximum absolute atomic E-state index is 13.5. The predicted octanol–water partition coefficient (Wildman–Crippen LogP) is 4.50. The number of halogens is 1. The first-order valence-electron chi connectivity index (χ1n) is 11.3. The van der Waals surface area contributed by atoms with E-state index in [0.717, 1.165) is 36.0 Å². The number of rotatable bonds is 6. The lowest BCUT2D eigenvalue weighted by Gasteiger charge is -2.19. The lowest BCUT2D eigenvalue weighted by molar-refractivity contribution is 0.0791. The Morgan fingerprint density at radius 2 is 1.76 bits per heavy atom.